The molecule has 8 heteroatoms. The van der Waals surface area contributed by atoms with E-state index in [4.69, 9.17) is 9.84 Å². The van der Waals surface area contributed by atoms with Crippen LogP contribution in [0.25, 0.3) is 6.08 Å². The smallest absolute Gasteiger partial charge is 0.372 e. The fraction of sp³-hybridized carbons (Fsp3) is 0.125. The van der Waals surface area contributed by atoms with Crippen LogP contribution in [-0.4, -0.2) is 28.7 Å². The maximum Gasteiger partial charge on any atom is 0.372 e. The topological polar surface area (TPSA) is 93.0 Å². The third kappa shape index (κ3) is 5.25. The van der Waals surface area contributed by atoms with Gasteiger partial charge in [-0.05, 0) is 50.9 Å². The van der Waals surface area contributed by atoms with Crippen molar-refractivity contribution in [1.29, 1.82) is 0 Å². The molecule has 3 heterocycles. The van der Waals surface area contributed by atoms with Crippen LogP contribution in [0.3, 0.4) is 0 Å². The normalized spacial score (nSPS) is 14.6. The van der Waals surface area contributed by atoms with Crippen molar-refractivity contribution < 1.29 is 24.2 Å². The number of cyclic esters (lactones) is 1. The second kappa shape index (κ2) is 8.32. The maximum atomic E-state index is 11.1. The van der Waals surface area contributed by atoms with E-state index in [1.807, 2.05) is 22.2 Å². The molecule has 0 aliphatic carbocycles. The van der Waals surface area contributed by atoms with Crippen LogP contribution in [0.15, 0.2) is 44.3 Å². The molecule has 0 saturated heterocycles. The number of aliphatic carboxylic acids is 1. The lowest BCUT2D eigenvalue weighted by Gasteiger charge is -1.89. The van der Waals surface area contributed by atoms with Crippen molar-refractivity contribution >= 4 is 52.4 Å². The summed E-state index contributed by atoms with van der Waals surface area (Å²) in [5, 5.41) is 15.7. The number of carbonyl (C=O) groups excluding carboxylic acids is 2. The van der Waals surface area contributed by atoms with E-state index < -0.39 is 11.8 Å². The summed E-state index contributed by atoms with van der Waals surface area (Å²) in [5.74, 6) is -2.09. The summed E-state index contributed by atoms with van der Waals surface area (Å²) in [6, 6.07) is 3.67. The van der Waals surface area contributed by atoms with Crippen molar-refractivity contribution in [2.45, 2.75) is 13.3 Å². The summed E-state index contributed by atoms with van der Waals surface area (Å²) in [6.45, 7) is 1.66. The quantitative estimate of drug-likeness (QED) is 0.512. The number of esters is 1. The van der Waals surface area contributed by atoms with Gasteiger partial charge >= 0.3 is 11.9 Å². The van der Waals surface area contributed by atoms with Crippen molar-refractivity contribution in [3.8, 4) is 0 Å². The molecule has 24 heavy (non-hydrogen) atoms. The lowest BCUT2D eigenvalue weighted by Crippen LogP contribution is -2.14. The van der Waals surface area contributed by atoms with E-state index in [1.54, 1.807) is 35.8 Å². The molecule has 6 nitrogen and oxygen atoms in total. The summed E-state index contributed by atoms with van der Waals surface area (Å²) in [7, 11) is 0. The minimum atomic E-state index is -1.36. The first kappa shape index (κ1) is 17.8. The van der Waals surface area contributed by atoms with Crippen LogP contribution >= 0.6 is 22.7 Å². The van der Waals surface area contributed by atoms with Crippen molar-refractivity contribution in [2.75, 3.05) is 0 Å². The number of aliphatic imine (C=N–C) groups is 1. The predicted octanol–water partition coefficient (Wildman–Crippen LogP) is 3.01. The molecule has 0 saturated carbocycles. The summed E-state index contributed by atoms with van der Waals surface area (Å²) in [6.07, 6.45) is 1.72. The highest BCUT2D eigenvalue weighted by molar-refractivity contribution is 7.08. The predicted molar refractivity (Wildman–Crippen MR) is 92.2 cm³/mol. The van der Waals surface area contributed by atoms with Crippen molar-refractivity contribution in [3.63, 3.8) is 0 Å². The molecule has 0 amide bonds. The lowest BCUT2D eigenvalue weighted by atomic mass is 10.2. The summed E-state index contributed by atoms with van der Waals surface area (Å²) in [4.78, 5) is 35.8. The van der Waals surface area contributed by atoms with Gasteiger partial charge in [-0.3, -0.25) is 4.79 Å². The van der Waals surface area contributed by atoms with Crippen molar-refractivity contribution in [1.82, 2.24) is 0 Å². The molecule has 2 aromatic rings. The zero-order valence-electron chi connectivity index (χ0n) is 12.6. The molecule has 0 radical (unpaired) electrons. The summed E-state index contributed by atoms with van der Waals surface area (Å²) in [5.41, 5.74) is 2.12. The molecule has 0 unspecified atom stereocenters. The molecule has 0 bridgehead atoms. The summed E-state index contributed by atoms with van der Waals surface area (Å²) < 4.78 is 4.77. The Bertz CT molecular complexity index is 789. The largest absolute Gasteiger partial charge is 0.475 e. The van der Waals surface area contributed by atoms with E-state index in [9.17, 15) is 14.4 Å². The molecule has 1 aliphatic heterocycles. The monoisotopic (exact) mass is 363 g/mol. The average molecular weight is 363 g/mol. The third-order valence-electron chi connectivity index (χ3n) is 2.76. The molecule has 1 aliphatic rings. The highest BCUT2D eigenvalue weighted by Gasteiger charge is 2.19. The first-order valence-electron chi connectivity index (χ1n) is 6.74. The Morgan fingerprint density at radius 1 is 1.25 bits per heavy atom. The number of thiophene rings is 2. The molecule has 0 aromatic carbocycles. The number of carboxylic acid groups (broad SMARTS) is 1. The summed E-state index contributed by atoms with van der Waals surface area (Å²) >= 11 is 3.03. The highest BCUT2D eigenvalue weighted by Crippen LogP contribution is 2.16. The average Bonchev–Trinajstić information content (AvgIpc) is 3.25. The molecule has 0 fully saturated rings. The van der Waals surface area contributed by atoms with Gasteiger partial charge in [0.2, 0.25) is 5.78 Å². The highest BCUT2D eigenvalue weighted by atomic mass is 32.1. The van der Waals surface area contributed by atoms with E-state index in [0.29, 0.717) is 11.6 Å². The second-order valence-corrected chi connectivity index (χ2v) is 6.20. The van der Waals surface area contributed by atoms with Gasteiger partial charge < -0.3 is 9.84 Å². The molecule has 3 rings (SSSR count). The number of carbonyl (C=O) groups is 3. The van der Waals surface area contributed by atoms with Gasteiger partial charge in [0.1, 0.15) is 0 Å². The van der Waals surface area contributed by atoms with Gasteiger partial charge in [-0.1, -0.05) is 0 Å². The molecule has 0 atom stereocenters. The number of hydrogen-bond acceptors (Lipinski definition) is 7. The molecular formula is C16H13NO5S2. The van der Waals surface area contributed by atoms with Gasteiger partial charge in [0, 0.05) is 13.3 Å². The van der Waals surface area contributed by atoms with Gasteiger partial charge in [-0.2, -0.15) is 22.7 Å². The Kier molecular flexibility index (Phi) is 6.16. The molecular weight excluding hydrogens is 350 g/mol. The van der Waals surface area contributed by atoms with Crippen molar-refractivity contribution in [3.05, 3.63) is 50.5 Å². The van der Waals surface area contributed by atoms with Crippen LogP contribution < -0.4 is 0 Å². The van der Waals surface area contributed by atoms with Crippen LogP contribution in [-0.2, 0) is 25.5 Å². The van der Waals surface area contributed by atoms with Crippen LogP contribution in [0, 0.1) is 0 Å². The standard InChI is InChI=1S/C9H7NO2S.C7H6O3S/c1-6-10-8(9(11)12-6)4-7-2-3-13-5-7;8-6(7(9)10)3-5-1-2-11-4-5/h2-5H,1H3;1-2,4H,3H2,(H,9,10)/b8-4+;. The Morgan fingerprint density at radius 3 is 2.46 bits per heavy atom. The molecule has 124 valence electrons. The van der Waals surface area contributed by atoms with E-state index >= 15 is 0 Å². The van der Waals surface area contributed by atoms with E-state index in [-0.39, 0.29) is 12.4 Å². The van der Waals surface area contributed by atoms with E-state index in [2.05, 4.69) is 4.99 Å². The lowest BCUT2D eigenvalue weighted by molar-refractivity contribution is -0.148. The minimum Gasteiger partial charge on any atom is -0.475 e. The molecule has 2 aromatic heterocycles. The van der Waals surface area contributed by atoms with Crippen LogP contribution in [0.4, 0.5) is 0 Å². The molecule has 0 spiro atoms. The third-order valence-corrected chi connectivity index (χ3v) is 4.19. The van der Waals surface area contributed by atoms with Crippen molar-refractivity contribution in [2.24, 2.45) is 4.99 Å². The maximum absolute atomic E-state index is 11.1. The van der Waals surface area contributed by atoms with Crippen LogP contribution in [0.1, 0.15) is 18.1 Å². The zero-order valence-corrected chi connectivity index (χ0v) is 14.2. The first-order valence-corrected chi connectivity index (χ1v) is 8.63. The van der Waals surface area contributed by atoms with Gasteiger partial charge in [0.25, 0.3) is 0 Å². The number of nitrogens with zero attached hydrogens (tertiary/aromatic N) is 1. The zero-order chi connectivity index (χ0) is 17.5. The number of carboxylic acids is 1. The Labute approximate surface area is 145 Å². The Balaban J connectivity index is 0.000000177. The minimum absolute atomic E-state index is 0.00116. The number of rotatable bonds is 4. The number of ether oxygens (including phenoxy) is 1. The SMILES string of the molecule is CC1=N/C(=C/c2ccsc2)C(=O)O1.O=C(O)C(=O)Cc1ccsc1. The first-order chi connectivity index (χ1) is 11.5. The second-order valence-electron chi connectivity index (χ2n) is 4.64. The fourth-order valence-corrected chi connectivity index (χ4v) is 2.97. The van der Waals surface area contributed by atoms with Gasteiger partial charge in [-0.25, -0.2) is 14.6 Å². The van der Waals surface area contributed by atoms with Gasteiger partial charge in [0.15, 0.2) is 11.6 Å². The number of ketones is 1. The van der Waals surface area contributed by atoms with Crippen LogP contribution in [0.2, 0.25) is 0 Å². The number of Topliss-reactive ketones (excluding diaryl/α,β-unsaturated/α-hetero) is 1. The van der Waals surface area contributed by atoms with Gasteiger partial charge in [-0.15, -0.1) is 0 Å². The Morgan fingerprint density at radius 2 is 1.96 bits per heavy atom. The fourth-order valence-electron chi connectivity index (χ4n) is 1.68. The molecule has 1 N–H and O–H groups in total. The number of hydrogen-bond donors (Lipinski definition) is 1. The van der Waals surface area contributed by atoms with Crippen LogP contribution in [0.5, 0.6) is 0 Å². The Hall–Kier alpha value is -2.58. The van der Waals surface area contributed by atoms with Gasteiger partial charge in [0.05, 0.1) is 0 Å². The van der Waals surface area contributed by atoms with E-state index in [1.165, 1.54) is 11.3 Å². The van der Waals surface area contributed by atoms with E-state index in [0.717, 1.165) is 11.1 Å².